The molecule has 0 bridgehead atoms. The number of hydrogen-bond acceptors (Lipinski definition) is 1. The SMILES string of the molecule is C=CO.[Zn]. The van der Waals surface area contributed by atoms with Gasteiger partial charge in [0.05, 0.1) is 6.26 Å². The number of aliphatic hydroxyl groups excluding tert-OH is 1. The second-order valence-corrected chi connectivity index (χ2v) is 0.183. The molecule has 0 aliphatic carbocycles. The summed E-state index contributed by atoms with van der Waals surface area (Å²) in [6.45, 7) is 2.92. The molecule has 0 rings (SSSR count). The van der Waals surface area contributed by atoms with Crippen LogP contribution in [0.15, 0.2) is 12.8 Å². The second-order valence-electron chi connectivity index (χ2n) is 0.183. The summed E-state index contributed by atoms with van der Waals surface area (Å²) >= 11 is 0. The normalized spacial score (nSPS) is 3.00. The van der Waals surface area contributed by atoms with Crippen LogP contribution in [0.3, 0.4) is 0 Å². The Morgan fingerprint density at radius 2 is 1.75 bits per heavy atom. The van der Waals surface area contributed by atoms with E-state index in [1.165, 1.54) is 0 Å². The van der Waals surface area contributed by atoms with E-state index in [4.69, 9.17) is 5.11 Å². The molecule has 0 heterocycles. The molecule has 1 N–H and O–H groups in total. The minimum Gasteiger partial charge on any atom is -0.516 e. The minimum absolute atomic E-state index is 0. The van der Waals surface area contributed by atoms with Crippen molar-refractivity contribution in [3.63, 3.8) is 0 Å². The van der Waals surface area contributed by atoms with Gasteiger partial charge in [-0.15, -0.1) is 0 Å². The van der Waals surface area contributed by atoms with Crippen LogP contribution in [0.25, 0.3) is 0 Å². The molecular formula is C2H4OZn. The zero-order chi connectivity index (χ0) is 2.71. The summed E-state index contributed by atoms with van der Waals surface area (Å²) in [5, 5.41) is 7.33. The van der Waals surface area contributed by atoms with Crippen LogP contribution in [0.5, 0.6) is 0 Å². The van der Waals surface area contributed by atoms with Gasteiger partial charge in [-0.25, -0.2) is 0 Å². The Morgan fingerprint density at radius 1 is 1.75 bits per heavy atom. The van der Waals surface area contributed by atoms with E-state index in [-0.39, 0.29) is 19.5 Å². The molecule has 0 saturated carbocycles. The Bertz CT molecular complexity index is 13.5. The molecule has 0 atom stereocenters. The third-order valence-electron chi connectivity index (χ3n) is 0. The summed E-state index contributed by atoms with van der Waals surface area (Å²) in [6, 6.07) is 0. The molecule has 0 amide bonds. The molecule has 0 aliphatic rings. The molecule has 0 unspecified atom stereocenters. The Kier molecular flexibility index (Phi) is 24.3. The van der Waals surface area contributed by atoms with Crippen LogP contribution < -0.4 is 0 Å². The summed E-state index contributed by atoms with van der Waals surface area (Å²) in [4.78, 5) is 0. The second kappa shape index (κ2) is 10.9. The van der Waals surface area contributed by atoms with Gasteiger partial charge >= 0.3 is 0 Å². The average molecular weight is 109 g/mol. The number of hydrogen-bond donors (Lipinski definition) is 1. The van der Waals surface area contributed by atoms with Crippen LogP contribution in [-0.2, 0) is 19.5 Å². The van der Waals surface area contributed by atoms with E-state index in [0.29, 0.717) is 0 Å². The molecule has 4 heavy (non-hydrogen) atoms. The van der Waals surface area contributed by atoms with Gasteiger partial charge in [0.2, 0.25) is 0 Å². The van der Waals surface area contributed by atoms with Crippen molar-refractivity contribution in [1.82, 2.24) is 0 Å². The number of rotatable bonds is 0. The maximum absolute atomic E-state index is 7.33. The fourth-order valence-electron chi connectivity index (χ4n) is 0. The van der Waals surface area contributed by atoms with Gasteiger partial charge < -0.3 is 5.11 Å². The van der Waals surface area contributed by atoms with E-state index in [1.54, 1.807) is 0 Å². The molecule has 0 aromatic rings. The van der Waals surface area contributed by atoms with Gasteiger partial charge in [-0.05, 0) is 0 Å². The van der Waals surface area contributed by atoms with Gasteiger partial charge in [-0.3, -0.25) is 0 Å². The monoisotopic (exact) mass is 108 g/mol. The standard InChI is InChI=1S/C2H4O.Zn/c1-2-3;/h2-3H,1H2;. The molecule has 0 fully saturated rings. The van der Waals surface area contributed by atoms with Crippen LogP contribution in [0.1, 0.15) is 0 Å². The van der Waals surface area contributed by atoms with Crippen molar-refractivity contribution in [3.8, 4) is 0 Å². The third-order valence-corrected chi connectivity index (χ3v) is 0. The van der Waals surface area contributed by atoms with Crippen molar-refractivity contribution in [2.75, 3.05) is 0 Å². The van der Waals surface area contributed by atoms with Gasteiger partial charge in [0, 0.05) is 19.5 Å². The minimum atomic E-state index is 0. The molecule has 1 nitrogen and oxygen atoms in total. The third kappa shape index (κ3) is 110. The average Bonchev–Trinajstić information content (AvgIpc) is 0.918. The van der Waals surface area contributed by atoms with E-state index in [1.807, 2.05) is 0 Å². The van der Waals surface area contributed by atoms with Crippen LogP contribution in [0.2, 0.25) is 0 Å². The van der Waals surface area contributed by atoms with Gasteiger partial charge in [-0.2, -0.15) is 0 Å². The van der Waals surface area contributed by atoms with Crippen LogP contribution >= 0.6 is 0 Å². The van der Waals surface area contributed by atoms with Crippen molar-refractivity contribution in [3.05, 3.63) is 12.8 Å². The summed E-state index contributed by atoms with van der Waals surface area (Å²) in [5.74, 6) is 0. The largest absolute Gasteiger partial charge is 0.516 e. The molecule has 2 heteroatoms. The first kappa shape index (κ1) is 8.90. The van der Waals surface area contributed by atoms with Gasteiger partial charge in [0.15, 0.2) is 0 Å². The summed E-state index contributed by atoms with van der Waals surface area (Å²) in [6.07, 6.45) is 0.750. The quantitative estimate of drug-likeness (QED) is 0.358. The van der Waals surface area contributed by atoms with E-state index >= 15 is 0 Å². The summed E-state index contributed by atoms with van der Waals surface area (Å²) in [5.41, 5.74) is 0. The van der Waals surface area contributed by atoms with Crippen molar-refractivity contribution in [2.24, 2.45) is 0 Å². The van der Waals surface area contributed by atoms with Crippen LogP contribution in [0, 0.1) is 0 Å². The molecule has 0 aromatic carbocycles. The van der Waals surface area contributed by atoms with Crippen LogP contribution in [0.4, 0.5) is 0 Å². The van der Waals surface area contributed by atoms with Crippen LogP contribution in [-0.4, -0.2) is 5.11 Å². The first-order chi connectivity index (χ1) is 1.41. The van der Waals surface area contributed by atoms with Crippen molar-refractivity contribution < 1.29 is 24.6 Å². The van der Waals surface area contributed by atoms with E-state index in [9.17, 15) is 0 Å². The molecular weight excluding hydrogens is 105 g/mol. The van der Waals surface area contributed by atoms with Crippen molar-refractivity contribution >= 4 is 0 Å². The van der Waals surface area contributed by atoms with Gasteiger partial charge in [0.25, 0.3) is 0 Å². The Balaban J connectivity index is 0. The van der Waals surface area contributed by atoms with E-state index in [0.717, 1.165) is 6.26 Å². The zero-order valence-electron chi connectivity index (χ0n) is 2.44. The van der Waals surface area contributed by atoms with Gasteiger partial charge in [0.1, 0.15) is 0 Å². The fraction of sp³-hybridized carbons (Fsp3) is 0. The maximum atomic E-state index is 7.33. The summed E-state index contributed by atoms with van der Waals surface area (Å²) < 4.78 is 0. The maximum Gasteiger partial charge on any atom is 0.0719 e. The Hall–Kier alpha value is 0.163. The van der Waals surface area contributed by atoms with Gasteiger partial charge in [-0.1, -0.05) is 6.58 Å². The van der Waals surface area contributed by atoms with Crippen molar-refractivity contribution in [1.29, 1.82) is 0 Å². The fourth-order valence-corrected chi connectivity index (χ4v) is 0. The van der Waals surface area contributed by atoms with E-state index < -0.39 is 0 Å². The first-order valence-electron chi connectivity index (χ1n) is 0.666. The molecule has 0 radical (unpaired) electrons. The predicted molar refractivity (Wildman–Crippen MR) is 12.8 cm³/mol. The topological polar surface area (TPSA) is 20.2 Å². The zero-order valence-corrected chi connectivity index (χ0v) is 5.41. The van der Waals surface area contributed by atoms with E-state index in [2.05, 4.69) is 6.58 Å². The Labute approximate surface area is 38.1 Å². The molecule has 0 spiro atoms. The molecule has 0 aliphatic heterocycles. The molecule has 20 valence electrons. The predicted octanol–water partition coefficient (Wildman–Crippen LogP) is 0.685. The van der Waals surface area contributed by atoms with Crippen molar-refractivity contribution in [2.45, 2.75) is 0 Å². The number of aliphatic hydroxyl groups is 1. The summed E-state index contributed by atoms with van der Waals surface area (Å²) in [7, 11) is 0. The molecule has 0 aromatic heterocycles. The Morgan fingerprint density at radius 3 is 1.75 bits per heavy atom. The first-order valence-corrected chi connectivity index (χ1v) is 0.666. The molecule has 0 saturated heterocycles. The smallest absolute Gasteiger partial charge is 0.0719 e.